The quantitative estimate of drug-likeness (QED) is 0.680. The highest BCUT2D eigenvalue weighted by Crippen LogP contribution is 2.26. The van der Waals surface area contributed by atoms with Crippen LogP contribution in [-0.4, -0.2) is 32.5 Å². The SMILES string of the molecule is O=C(c1ccc(Cl)cc1[N+](=O)[O-])N1CCc2[nH]ncc2C1. The second kappa shape index (κ2) is 5.17. The van der Waals surface area contributed by atoms with Gasteiger partial charge >= 0.3 is 0 Å². The fourth-order valence-corrected chi connectivity index (χ4v) is 2.57. The summed E-state index contributed by atoms with van der Waals surface area (Å²) in [4.78, 5) is 24.6. The fraction of sp³-hybridized carbons (Fsp3) is 0.231. The van der Waals surface area contributed by atoms with Gasteiger partial charge in [0.1, 0.15) is 5.56 Å². The van der Waals surface area contributed by atoms with E-state index in [1.807, 2.05) is 0 Å². The summed E-state index contributed by atoms with van der Waals surface area (Å²) in [6.45, 7) is 0.887. The van der Waals surface area contributed by atoms with Gasteiger partial charge in [-0.25, -0.2) is 0 Å². The van der Waals surface area contributed by atoms with Crippen molar-refractivity contribution >= 4 is 23.2 Å². The molecule has 0 saturated carbocycles. The minimum absolute atomic E-state index is 0.0522. The summed E-state index contributed by atoms with van der Waals surface area (Å²) >= 11 is 5.76. The normalized spacial score (nSPS) is 13.9. The highest BCUT2D eigenvalue weighted by Gasteiger charge is 2.28. The molecule has 3 rings (SSSR count). The second-order valence-corrected chi connectivity index (χ2v) is 5.21. The van der Waals surface area contributed by atoms with Crippen molar-refractivity contribution in [2.75, 3.05) is 6.54 Å². The Balaban J connectivity index is 1.91. The van der Waals surface area contributed by atoms with Crippen LogP contribution in [0.5, 0.6) is 0 Å². The van der Waals surface area contributed by atoms with Gasteiger partial charge in [0.25, 0.3) is 11.6 Å². The number of carbonyl (C=O) groups excluding carboxylic acids is 1. The molecule has 1 aromatic carbocycles. The molecule has 0 bridgehead atoms. The molecule has 0 spiro atoms. The molecule has 2 aromatic rings. The molecular formula is C13H11ClN4O3. The van der Waals surface area contributed by atoms with Crippen molar-refractivity contribution < 1.29 is 9.72 Å². The van der Waals surface area contributed by atoms with E-state index in [4.69, 9.17) is 11.6 Å². The summed E-state index contributed by atoms with van der Waals surface area (Å²) in [6, 6.07) is 4.07. The first kappa shape index (κ1) is 13.6. The zero-order valence-electron chi connectivity index (χ0n) is 10.9. The molecule has 108 valence electrons. The maximum absolute atomic E-state index is 12.5. The Morgan fingerprint density at radius 2 is 2.29 bits per heavy atom. The first-order valence-electron chi connectivity index (χ1n) is 6.30. The predicted octanol–water partition coefficient (Wildman–Crippen LogP) is 2.17. The topological polar surface area (TPSA) is 92.1 Å². The molecule has 8 heteroatoms. The smallest absolute Gasteiger partial charge is 0.283 e. The molecule has 1 aliphatic rings. The lowest BCUT2D eigenvalue weighted by Crippen LogP contribution is -2.36. The lowest BCUT2D eigenvalue weighted by molar-refractivity contribution is -0.385. The van der Waals surface area contributed by atoms with E-state index in [0.29, 0.717) is 19.5 Å². The maximum atomic E-state index is 12.5. The average Bonchev–Trinajstić information content (AvgIpc) is 2.93. The van der Waals surface area contributed by atoms with Crippen LogP contribution in [0.15, 0.2) is 24.4 Å². The Hall–Kier alpha value is -2.41. The number of benzene rings is 1. The Morgan fingerprint density at radius 1 is 1.48 bits per heavy atom. The Bertz CT molecular complexity index is 728. The van der Waals surface area contributed by atoms with Crippen molar-refractivity contribution in [2.24, 2.45) is 0 Å². The lowest BCUT2D eigenvalue weighted by Gasteiger charge is -2.26. The third-order valence-corrected chi connectivity index (χ3v) is 3.71. The molecular weight excluding hydrogens is 296 g/mol. The van der Waals surface area contributed by atoms with E-state index in [-0.39, 0.29) is 22.2 Å². The van der Waals surface area contributed by atoms with Crippen LogP contribution >= 0.6 is 11.6 Å². The van der Waals surface area contributed by atoms with Gasteiger partial charge in [-0.3, -0.25) is 20.0 Å². The van der Waals surface area contributed by atoms with Gasteiger partial charge in [0.05, 0.1) is 11.1 Å². The maximum Gasteiger partial charge on any atom is 0.283 e. The van der Waals surface area contributed by atoms with Gasteiger partial charge in [0.2, 0.25) is 0 Å². The first-order valence-corrected chi connectivity index (χ1v) is 6.68. The van der Waals surface area contributed by atoms with Gasteiger partial charge in [0.15, 0.2) is 0 Å². The van der Waals surface area contributed by atoms with Gasteiger partial charge < -0.3 is 4.90 Å². The number of aromatic amines is 1. The largest absolute Gasteiger partial charge is 0.334 e. The zero-order valence-corrected chi connectivity index (χ0v) is 11.6. The van der Waals surface area contributed by atoms with Crippen molar-refractivity contribution in [1.29, 1.82) is 0 Å². The number of carbonyl (C=O) groups is 1. The zero-order chi connectivity index (χ0) is 15.0. The number of hydrogen-bond donors (Lipinski definition) is 1. The number of halogens is 1. The van der Waals surface area contributed by atoms with E-state index in [1.54, 1.807) is 11.1 Å². The van der Waals surface area contributed by atoms with Crippen molar-refractivity contribution in [1.82, 2.24) is 15.1 Å². The van der Waals surface area contributed by atoms with Crippen LogP contribution in [0.2, 0.25) is 5.02 Å². The van der Waals surface area contributed by atoms with Gasteiger partial charge in [-0.05, 0) is 12.1 Å². The summed E-state index contributed by atoms with van der Waals surface area (Å²) in [5.74, 6) is -0.370. The van der Waals surface area contributed by atoms with Crippen LogP contribution in [0.25, 0.3) is 0 Å². The van der Waals surface area contributed by atoms with Gasteiger partial charge in [-0.15, -0.1) is 0 Å². The Morgan fingerprint density at radius 3 is 3.05 bits per heavy atom. The highest BCUT2D eigenvalue weighted by atomic mass is 35.5. The highest BCUT2D eigenvalue weighted by molar-refractivity contribution is 6.31. The second-order valence-electron chi connectivity index (χ2n) is 4.77. The van der Waals surface area contributed by atoms with Crippen LogP contribution in [0.1, 0.15) is 21.6 Å². The van der Waals surface area contributed by atoms with E-state index < -0.39 is 4.92 Å². The molecule has 0 fully saturated rings. The number of fused-ring (bicyclic) bond motifs is 1. The third kappa shape index (κ3) is 2.47. The molecule has 1 N–H and O–H groups in total. The van der Waals surface area contributed by atoms with Crippen LogP contribution in [-0.2, 0) is 13.0 Å². The van der Waals surface area contributed by atoms with E-state index in [0.717, 1.165) is 11.3 Å². The Labute approximate surface area is 124 Å². The van der Waals surface area contributed by atoms with Crippen molar-refractivity contribution in [3.63, 3.8) is 0 Å². The lowest BCUT2D eigenvalue weighted by atomic mass is 10.1. The molecule has 1 aromatic heterocycles. The van der Waals surface area contributed by atoms with E-state index in [1.165, 1.54) is 18.2 Å². The molecule has 0 radical (unpaired) electrons. The number of amides is 1. The third-order valence-electron chi connectivity index (χ3n) is 3.47. The number of nitrogens with one attached hydrogen (secondary N) is 1. The molecule has 0 saturated heterocycles. The van der Waals surface area contributed by atoms with Gasteiger partial charge in [-0.1, -0.05) is 11.6 Å². The summed E-state index contributed by atoms with van der Waals surface area (Å²) in [6.07, 6.45) is 2.33. The van der Waals surface area contributed by atoms with E-state index in [2.05, 4.69) is 10.2 Å². The van der Waals surface area contributed by atoms with E-state index in [9.17, 15) is 14.9 Å². The molecule has 1 aliphatic heterocycles. The van der Waals surface area contributed by atoms with Crippen LogP contribution in [0, 0.1) is 10.1 Å². The fourth-order valence-electron chi connectivity index (χ4n) is 2.40. The van der Waals surface area contributed by atoms with Crippen molar-refractivity contribution in [3.05, 3.63) is 56.4 Å². The molecule has 7 nitrogen and oxygen atoms in total. The predicted molar refractivity (Wildman–Crippen MR) is 75.1 cm³/mol. The number of H-pyrrole nitrogens is 1. The van der Waals surface area contributed by atoms with Gasteiger partial charge in [-0.2, -0.15) is 5.10 Å². The number of aromatic nitrogens is 2. The molecule has 0 atom stereocenters. The number of rotatable bonds is 2. The van der Waals surface area contributed by atoms with E-state index >= 15 is 0 Å². The Kier molecular flexibility index (Phi) is 3.34. The van der Waals surface area contributed by atoms with Crippen LogP contribution in [0.3, 0.4) is 0 Å². The number of nitro groups is 1. The standard InChI is InChI=1S/C13H11ClN4O3/c14-9-1-2-10(12(5-9)18(20)21)13(19)17-4-3-11-8(7-17)6-15-16-11/h1-2,5-6H,3-4,7H2,(H,15,16). The van der Waals surface area contributed by atoms with Crippen LogP contribution < -0.4 is 0 Å². The minimum atomic E-state index is -0.591. The first-order chi connectivity index (χ1) is 10.1. The van der Waals surface area contributed by atoms with Crippen LogP contribution in [0.4, 0.5) is 5.69 Å². The molecule has 0 unspecified atom stereocenters. The average molecular weight is 307 g/mol. The summed E-state index contributed by atoms with van der Waals surface area (Å²) in [5.41, 5.74) is 1.72. The molecule has 21 heavy (non-hydrogen) atoms. The molecule has 1 amide bonds. The summed E-state index contributed by atoms with van der Waals surface area (Å²) < 4.78 is 0. The molecule has 0 aliphatic carbocycles. The number of hydrogen-bond acceptors (Lipinski definition) is 4. The summed E-state index contributed by atoms with van der Waals surface area (Å²) in [7, 11) is 0. The summed E-state index contributed by atoms with van der Waals surface area (Å²) in [5, 5.41) is 18.1. The number of nitrogens with zero attached hydrogens (tertiary/aromatic N) is 3. The molecule has 2 heterocycles. The minimum Gasteiger partial charge on any atom is -0.334 e. The monoisotopic (exact) mass is 306 g/mol. The van der Waals surface area contributed by atoms with Crippen molar-refractivity contribution in [3.8, 4) is 0 Å². The van der Waals surface area contributed by atoms with Crippen molar-refractivity contribution in [2.45, 2.75) is 13.0 Å². The number of nitro benzene ring substituents is 1. The van der Waals surface area contributed by atoms with Gasteiger partial charge in [0, 0.05) is 41.9 Å².